The van der Waals surface area contributed by atoms with E-state index in [9.17, 15) is 18.3 Å². The Morgan fingerprint density at radius 2 is 1.69 bits per heavy atom. The summed E-state index contributed by atoms with van der Waals surface area (Å²) >= 11 is 0. The smallest absolute Gasteiger partial charge is 0.243 e. The number of carbonyl (C=O) groups is 1. The van der Waals surface area contributed by atoms with Crippen LogP contribution in [0, 0.1) is 12.8 Å². The van der Waals surface area contributed by atoms with Crippen molar-refractivity contribution in [2.75, 3.05) is 0 Å². The van der Waals surface area contributed by atoms with Gasteiger partial charge in [-0.2, -0.15) is 0 Å². The van der Waals surface area contributed by atoms with Crippen LogP contribution in [0.4, 0.5) is 0 Å². The van der Waals surface area contributed by atoms with E-state index in [1.807, 2.05) is 37.3 Å². The molecule has 0 spiro atoms. The van der Waals surface area contributed by atoms with Crippen molar-refractivity contribution in [3.63, 3.8) is 0 Å². The SMILES string of the molecule is Cc1ccc(S(=O)(=O)C2C(=O)N(Cc3ccccc3)C(O)CC2C)cc1. The van der Waals surface area contributed by atoms with Crippen LogP contribution < -0.4 is 0 Å². The van der Waals surface area contributed by atoms with Crippen molar-refractivity contribution in [2.24, 2.45) is 5.92 Å². The molecule has 6 heteroatoms. The number of rotatable bonds is 4. The highest BCUT2D eigenvalue weighted by Crippen LogP contribution is 2.32. The average Bonchev–Trinajstić information content (AvgIpc) is 2.59. The number of aliphatic hydroxyl groups is 1. The van der Waals surface area contributed by atoms with Crippen molar-refractivity contribution < 1.29 is 18.3 Å². The first kappa shape index (κ1) is 18.6. The van der Waals surface area contributed by atoms with E-state index >= 15 is 0 Å². The van der Waals surface area contributed by atoms with E-state index in [0.29, 0.717) is 0 Å². The Balaban J connectivity index is 1.93. The van der Waals surface area contributed by atoms with Gasteiger partial charge in [0.1, 0.15) is 11.5 Å². The second kappa shape index (κ2) is 7.21. The lowest BCUT2D eigenvalue weighted by Gasteiger charge is -2.39. The highest BCUT2D eigenvalue weighted by Gasteiger charge is 2.46. The van der Waals surface area contributed by atoms with Gasteiger partial charge in [-0.3, -0.25) is 4.79 Å². The molecule has 1 heterocycles. The molecule has 0 aliphatic carbocycles. The summed E-state index contributed by atoms with van der Waals surface area (Å²) in [6, 6.07) is 15.8. The van der Waals surface area contributed by atoms with Crippen molar-refractivity contribution in [3.05, 3.63) is 65.7 Å². The predicted octanol–water partition coefficient (Wildman–Crippen LogP) is 2.52. The van der Waals surface area contributed by atoms with Gasteiger partial charge in [-0.1, -0.05) is 55.0 Å². The third kappa shape index (κ3) is 3.52. The molecule has 5 nitrogen and oxygen atoms in total. The molecule has 1 aliphatic rings. The molecule has 2 aromatic carbocycles. The number of sulfone groups is 1. The Morgan fingerprint density at radius 1 is 1.08 bits per heavy atom. The Bertz CT molecular complexity index is 878. The molecule has 2 aromatic rings. The Hall–Kier alpha value is -2.18. The first-order chi connectivity index (χ1) is 12.3. The van der Waals surface area contributed by atoms with Crippen LogP contribution in [0.2, 0.25) is 0 Å². The van der Waals surface area contributed by atoms with Crippen LogP contribution in [0.25, 0.3) is 0 Å². The van der Waals surface area contributed by atoms with Gasteiger partial charge in [0.05, 0.1) is 4.90 Å². The van der Waals surface area contributed by atoms with Crippen LogP contribution in [0.15, 0.2) is 59.5 Å². The van der Waals surface area contributed by atoms with E-state index in [4.69, 9.17) is 0 Å². The zero-order valence-corrected chi connectivity index (χ0v) is 15.7. The molecule has 1 amide bonds. The largest absolute Gasteiger partial charge is 0.374 e. The number of amides is 1. The lowest BCUT2D eigenvalue weighted by Crippen LogP contribution is -2.55. The molecule has 26 heavy (non-hydrogen) atoms. The van der Waals surface area contributed by atoms with Crippen LogP contribution >= 0.6 is 0 Å². The summed E-state index contributed by atoms with van der Waals surface area (Å²) in [6.45, 7) is 3.77. The van der Waals surface area contributed by atoms with E-state index in [1.54, 1.807) is 19.1 Å². The van der Waals surface area contributed by atoms with E-state index in [2.05, 4.69) is 0 Å². The molecule has 1 N–H and O–H groups in total. The summed E-state index contributed by atoms with van der Waals surface area (Å²) in [5.74, 6) is -1.00. The van der Waals surface area contributed by atoms with Crippen molar-refractivity contribution in [1.82, 2.24) is 4.90 Å². The van der Waals surface area contributed by atoms with Crippen LogP contribution in [0.3, 0.4) is 0 Å². The fourth-order valence-corrected chi connectivity index (χ4v) is 5.35. The van der Waals surface area contributed by atoms with E-state index < -0.39 is 33.1 Å². The molecule has 0 radical (unpaired) electrons. The van der Waals surface area contributed by atoms with Gasteiger partial charge in [-0.15, -0.1) is 0 Å². The average molecular weight is 373 g/mol. The fraction of sp³-hybridized carbons (Fsp3) is 0.350. The second-order valence-corrected chi connectivity index (χ2v) is 8.99. The summed E-state index contributed by atoms with van der Waals surface area (Å²) in [5, 5.41) is 9.19. The third-order valence-electron chi connectivity index (χ3n) is 4.87. The molecule has 0 saturated carbocycles. The summed E-state index contributed by atoms with van der Waals surface area (Å²) in [4.78, 5) is 14.4. The molecule has 1 saturated heterocycles. The third-order valence-corrected chi connectivity index (χ3v) is 7.13. The summed E-state index contributed by atoms with van der Waals surface area (Å²) in [5.41, 5.74) is 1.80. The quantitative estimate of drug-likeness (QED) is 0.894. The number of hydrogen-bond donors (Lipinski definition) is 1. The first-order valence-corrected chi connectivity index (χ1v) is 10.2. The maximum Gasteiger partial charge on any atom is 0.243 e. The van der Waals surface area contributed by atoms with Crippen LogP contribution in [-0.4, -0.2) is 35.8 Å². The number of hydrogen-bond acceptors (Lipinski definition) is 4. The second-order valence-electron chi connectivity index (χ2n) is 6.92. The minimum Gasteiger partial charge on any atom is -0.374 e. The lowest BCUT2D eigenvalue weighted by atomic mass is 9.96. The predicted molar refractivity (Wildman–Crippen MR) is 98.9 cm³/mol. The molecule has 3 unspecified atom stereocenters. The number of piperidine rings is 1. The topological polar surface area (TPSA) is 74.7 Å². The molecular formula is C20H23NO4S. The van der Waals surface area contributed by atoms with Crippen LogP contribution in [0.1, 0.15) is 24.5 Å². The number of benzene rings is 2. The number of nitrogens with zero attached hydrogens (tertiary/aromatic N) is 1. The standard InChI is InChI=1S/C20H23NO4S/c1-14-8-10-17(11-9-14)26(24,25)19-15(2)12-18(22)21(20(19)23)13-16-6-4-3-5-7-16/h3-11,15,18-19,22H,12-13H2,1-2H3. The van der Waals surface area contributed by atoms with Crippen molar-refractivity contribution in [2.45, 2.75) is 43.2 Å². The Labute approximate surface area is 154 Å². The Morgan fingerprint density at radius 3 is 2.31 bits per heavy atom. The van der Waals surface area contributed by atoms with E-state index in [1.165, 1.54) is 17.0 Å². The van der Waals surface area contributed by atoms with Gasteiger partial charge in [0.2, 0.25) is 5.91 Å². The maximum absolute atomic E-state index is 13.1. The molecule has 1 aliphatic heterocycles. The van der Waals surface area contributed by atoms with Gasteiger partial charge in [0.25, 0.3) is 0 Å². The Kier molecular flexibility index (Phi) is 5.16. The van der Waals surface area contributed by atoms with Gasteiger partial charge in [0.15, 0.2) is 9.84 Å². The molecular weight excluding hydrogens is 350 g/mol. The number of carbonyl (C=O) groups excluding carboxylic acids is 1. The van der Waals surface area contributed by atoms with Crippen LogP contribution in [0.5, 0.6) is 0 Å². The zero-order valence-electron chi connectivity index (χ0n) is 14.9. The van der Waals surface area contributed by atoms with Gasteiger partial charge in [-0.25, -0.2) is 8.42 Å². The van der Waals surface area contributed by atoms with Gasteiger partial charge in [0, 0.05) is 6.54 Å². The minimum absolute atomic E-state index is 0.143. The van der Waals surface area contributed by atoms with E-state index in [-0.39, 0.29) is 17.9 Å². The fourth-order valence-electron chi connectivity index (χ4n) is 3.41. The molecule has 3 rings (SSSR count). The molecule has 1 fully saturated rings. The van der Waals surface area contributed by atoms with E-state index in [0.717, 1.165) is 11.1 Å². The summed E-state index contributed by atoms with van der Waals surface area (Å²) in [7, 11) is -3.83. The summed E-state index contributed by atoms with van der Waals surface area (Å²) in [6.07, 6.45) is -0.754. The number of aryl methyl sites for hydroxylation is 1. The number of likely N-dealkylation sites (tertiary alicyclic amines) is 1. The van der Waals surface area contributed by atoms with Crippen molar-refractivity contribution in [1.29, 1.82) is 0 Å². The molecule has 0 bridgehead atoms. The first-order valence-electron chi connectivity index (χ1n) is 8.63. The minimum atomic E-state index is -3.83. The molecule has 3 atom stereocenters. The monoisotopic (exact) mass is 373 g/mol. The molecule has 0 aromatic heterocycles. The lowest BCUT2D eigenvalue weighted by molar-refractivity contribution is -0.150. The van der Waals surface area contributed by atoms with Crippen LogP contribution in [-0.2, 0) is 21.2 Å². The van der Waals surface area contributed by atoms with Gasteiger partial charge >= 0.3 is 0 Å². The number of aliphatic hydroxyl groups excluding tert-OH is 1. The highest BCUT2D eigenvalue weighted by molar-refractivity contribution is 7.92. The zero-order chi connectivity index (χ0) is 18.9. The van der Waals surface area contributed by atoms with Gasteiger partial charge < -0.3 is 10.0 Å². The van der Waals surface area contributed by atoms with Crippen molar-refractivity contribution >= 4 is 15.7 Å². The molecule has 138 valence electrons. The maximum atomic E-state index is 13.1. The van der Waals surface area contributed by atoms with Crippen molar-refractivity contribution in [3.8, 4) is 0 Å². The highest BCUT2D eigenvalue weighted by atomic mass is 32.2. The summed E-state index contributed by atoms with van der Waals surface area (Å²) < 4.78 is 26.2. The van der Waals surface area contributed by atoms with Gasteiger partial charge in [-0.05, 0) is 37.0 Å². The normalized spacial score (nSPS) is 23.9.